The van der Waals surface area contributed by atoms with Crippen LogP contribution in [0.25, 0.3) is 0 Å². The number of amides is 1. The van der Waals surface area contributed by atoms with Crippen molar-refractivity contribution in [2.24, 2.45) is 0 Å². The van der Waals surface area contributed by atoms with Gasteiger partial charge in [-0.2, -0.15) is 4.98 Å². The van der Waals surface area contributed by atoms with E-state index in [0.29, 0.717) is 18.2 Å². The molecule has 0 unspecified atom stereocenters. The van der Waals surface area contributed by atoms with E-state index in [2.05, 4.69) is 10.3 Å². The molecule has 0 atom stereocenters. The van der Waals surface area contributed by atoms with E-state index in [1.807, 2.05) is 0 Å². The minimum absolute atomic E-state index is 0.196. The van der Waals surface area contributed by atoms with Crippen LogP contribution in [-0.4, -0.2) is 23.3 Å². The molecule has 98 valence electrons. The number of hydrogen-bond donors (Lipinski definition) is 1. The molecular weight excluding hydrogens is 256 g/mol. The summed E-state index contributed by atoms with van der Waals surface area (Å²) in [7, 11) is 0. The zero-order valence-electron chi connectivity index (χ0n) is 10.5. The summed E-state index contributed by atoms with van der Waals surface area (Å²) in [4.78, 5) is 15.7. The van der Waals surface area contributed by atoms with Crippen molar-refractivity contribution >= 4 is 23.4 Å². The standard InChI is InChI=1S/C12H15ClN2O3/c1-12(2,3)18-11(16)14-8-6-7-4-5-17-10(7)15-9(8)13/h6H,4-5H2,1-3H3,(H,14,16). The first-order chi connectivity index (χ1) is 8.35. The number of carbonyl (C=O) groups excluding carboxylic acids is 1. The Labute approximate surface area is 110 Å². The van der Waals surface area contributed by atoms with Crippen LogP contribution in [0.15, 0.2) is 6.07 Å². The van der Waals surface area contributed by atoms with Gasteiger partial charge in [0.1, 0.15) is 5.60 Å². The molecule has 0 saturated carbocycles. The van der Waals surface area contributed by atoms with Crippen molar-refractivity contribution in [1.29, 1.82) is 0 Å². The third-order valence-corrected chi connectivity index (χ3v) is 2.55. The van der Waals surface area contributed by atoms with Gasteiger partial charge in [0, 0.05) is 12.0 Å². The summed E-state index contributed by atoms with van der Waals surface area (Å²) in [6.07, 6.45) is 0.216. The van der Waals surface area contributed by atoms with Gasteiger partial charge >= 0.3 is 6.09 Å². The molecule has 1 aliphatic heterocycles. The molecule has 0 fully saturated rings. The number of rotatable bonds is 1. The van der Waals surface area contributed by atoms with Crippen molar-refractivity contribution in [3.8, 4) is 5.88 Å². The number of ether oxygens (including phenoxy) is 2. The predicted molar refractivity (Wildman–Crippen MR) is 68.3 cm³/mol. The number of aromatic nitrogens is 1. The SMILES string of the molecule is CC(C)(C)OC(=O)Nc1cc2c(nc1Cl)OCC2. The highest BCUT2D eigenvalue weighted by Gasteiger charge is 2.20. The van der Waals surface area contributed by atoms with Gasteiger partial charge in [-0.15, -0.1) is 0 Å². The molecule has 1 amide bonds. The molecule has 2 heterocycles. The number of pyridine rings is 1. The van der Waals surface area contributed by atoms with Crippen LogP contribution in [0.4, 0.5) is 10.5 Å². The average molecular weight is 271 g/mol. The van der Waals surface area contributed by atoms with Crippen molar-refractivity contribution in [2.75, 3.05) is 11.9 Å². The second-order valence-electron chi connectivity index (χ2n) is 5.02. The maximum Gasteiger partial charge on any atom is 0.412 e. The summed E-state index contributed by atoms with van der Waals surface area (Å²) in [6, 6.07) is 1.77. The highest BCUT2D eigenvalue weighted by Crippen LogP contribution is 2.30. The summed E-state index contributed by atoms with van der Waals surface area (Å²) in [5.41, 5.74) is 0.824. The van der Waals surface area contributed by atoms with Crippen molar-refractivity contribution in [3.05, 3.63) is 16.8 Å². The number of halogens is 1. The lowest BCUT2D eigenvalue weighted by Crippen LogP contribution is -2.27. The van der Waals surface area contributed by atoms with Crippen LogP contribution in [0.1, 0.15) is 26.3 Å². The van der Waals surface area contributed by atoms with Crippen molar-refractivity contribution in [2.45, 2.75) is 32.8 Å². The van der Waals surface area contributed by atoms with Crippen LogP contribution in [0.2, 0.25) is 5.15 Å². The lowest BCUT2D eigenvalue weighted by Gasteiger charge is -2.20. The Kier molecular flexibility index (Phi) is 3.34. The minimum Gasteiger partial charge on any atom is -0.477 e. The molecule has 6 heteroatoms. The molecule has 0 aliphatic carbocycles. The summed E-state index contributed by atoms with van der Waals surface area (Å²) in [5.74, 6) is 0.537. The number of anilines is 1. The van der Waals surface area contributed by atoms with Crippen LogP contribution < -0.4 is 10.1 Å². The first-order valence-electron chi connectivity index (χ1n) is 5.67. The molecule has 0 saturated heterocycles. The third kappa shape index (κ3) is 3.04. The maximum absolute atomic E-state index is 11.6. The topological polar surface area (TPSA) is 60.5 Å². The van der Waals surface area contributed by atoms with Gasteiger partial charge in [-0.3, -0.25) is 5.32 Å². The molecule has 0 radical (unpaired) electrons. The Morgan fingerprint density at radius 1 is 1.56 bits per heavy atom. The van der Waals surface area contributed by atoms with E-state index < -0.39 is 11.7 Å². The average Bonchev–Trinajstić information content (AvgIpc) is 2.62. The molecule has 0 spiro atoms. The fourth-order valence-electron chi connectivity index (χ4n) is 1.58. The Morgan fingerprint density at radius 2 is 2.28 bits per heavy atom. The molecule has 1 aromatic rings. The van der Waals surface area contributed by atoms with Gasteiger partial charge in [0.2, 0.25) is 5.88 Å². The first-order valence-corrected chi connectivity index (χ1v) is 6.05. The van der Waals surface area contributed by atoms with Gasteiger partial charge in [-0.25, -0.2) is 4.79 Å². The van der Waals surface area contributed by atoms with E-state index in [9.17, 15) is 4.79 Å². The normalized spacial score (nSPS) is 13.8. The van der Waals surface area contributed by atoms with Gasteiger partial charge in [0.05, 0.1) is 12.3 Å². The zero-order valence-corrected chi connectivity index (χ0v) is 11.3. The van der Waals surface area contributed by atoms with Crippen molar-refractivity contribution in [3.63, 3.8) is 0 Å². The number of nitrogens with one attached hydrogen (secondary N) is 1. The summed E-state index contributed by atoms with van der Waals surface area (Å²) >= 11 is 5.96. The van der Waals surface area contributed by atoms with E-state index in [0.717, 1.165) is 12.0 Å². The lowest BCUT2D eigenvalue weighted by molar-refractivity contribution is 0.0636. The van der Waals surface area contributed by atoms with Crippen molar-refractivity contribution in [1.82, 2.24) is 4.98 Å². The highest BCUT2D eigenvalue weighted by molar-refractivity contribution is 6.32. The molecule has 18 heavy (non-hydrogen) atoms. The van der Waals surface area contributed by atoms with Crippen LogP contribution in [-0.2, 0) is 11.2 Å². The van der Waals surface area contributed by atoms with Gasteiger partial charge in [0.15, 0.2) is 5.15 Å². The zero-order chi connectivity index (χ0) is 13.3. The fourth-order valence-corrected chi connectivity index (χ4v) is 1.76. The molecule has 1 N–H and O–H groups in total. The van der Waals surface area contributed by atoms with Crippen LogP contribution in [0.3, 0.4) is 0 Å². The second-order valence-corrected chi connectivity index (χ2v) is 5.37. The van der Waals surface area contributed by atoms with E-state index in [1.54, 1.807) is 26.8 Å². The van der Waals surface area contributed by atoms with E-state index >= 15 is 0 Å². The summed E-state index contributed by atoms with van der Waals surface area (Å²) in [5, 5.41) is 2.78. The van der Waals surface area contributed by atoms with E-state index in [1.165, 1.54) is 0 Å². The van der Waals surface area contributed by atoms with Gasteiger partial charge in [-0.05, 0) is 26.8 Å². The molecule has 1 aliphatic rings. The molecule has 2 rings (SSSR count). The summed E-state index contributed by atoms with van der Waals surface area (Å²) in [6.45, 7) is 5.98. The molecular formula is C12H15ClN2O3. The fraction of sp³-hybridized carbons (Fsp3) is 0.500. The Morgan fingerprint density at radius 3 is 2.94 bits per heavy atom. The molecule has 1 aromatic heterocycles. The number of carbonyl (C=O) groups is 1. The Hall–Kier alpha value is -1.49. The summed E-state index contributed by atoms with van der Waals surface area (Å²) < 4.78 is 10.4. The minimum atomic E-state index is -0.552. The van der Waals surface area contributed by atoms with Crippen molar-refractivity contribution < 1.29 is 14.3 Å². The van der Waals surface area contributed by atoms with Crippen LogP contribution >= 0.6 is 11.6 Å². The number of hydrogen-bond acceptors (Lipinski definition) is 4. The van der Waals surface area contributed by atoms with Gasteiger partial charge < -0.3 is 9.47 Å². The third-order valence-electron chi connectivity index (χ3n) is 2.26. The smallest absolute Gasteiger partial charge is 0.412 e. The first kappa shape index (κ1) is 13.0. The van der Waals surface area contributed by atoms with Gasteiger partial charge in [0.25, 0.3) is 0 Å². The number of fused-ring (bicyclic) bond motifs is 1. The monoisotopic (exact) mass is 270 g/mol. The quantitative estimate of drug-likeness (QED) is 0.797. The Bertz CT molecular complexity index is 483. The lowest BCUT2D eigenvalue weighted by atomic mass is 10.2. The van der Waals surface area contributed by atoms with E-state index in [4.69, 9.17) is 21.1 Å². The van der Waals surface area contributed by atoms with E-state index in [-0.39, 0.29) is 5.15 Å². The highest BCUT2D eigenvalue weighted by atomic mass is 35.5. The largest absolute Gasteiger partial charge is 0.477 e. The predicted octanol–water partition coefficient (Wildman–Crippen LogP) is 3.02. The molecule has 0 aromatic carbocycles. The molecule has 0 bridgehead atoms. The van der Waals surface area contributed by atoms with Crippen LogP contribution in [0, 0.1) is 0 Å². The Balaban J connectivity index is 2.12. The maximum atomic E-state index is 11.6. The number of nitrogens with zero attached hydrogens (tertiary/aromatic N) is 1. The van der Waals surface area contributed by atoms with Gasteiger partial charge in [-0.1, -0.05) is 11.6 Å². The molecule has 5 nitrogen and oxygen atoms in total. The van der Waals surface area contributed by atoms with Crippen LogP contribution in [0.5, 0.6) is 5.88 Å². The second kappa shape index (κ2) is 4.65.